The molecule has 0 heterocycles. The molecule has 2 rings (SSSR count). The maximum absolute atomic E-state index is 3.55. The van der Waals surface area contributed by atoms with E-state index in [9.17, 15) is 0 Å². The molecule has 0 aliphatic rings. The average Bonchev–Trinajstić information content (AvgIpc) is 2.33. The summed E-state index contributed by atoms with van der Waals surface area (Å²) in [6, 6.07) is 14.6. The van der Waals surface area contributed by atoms with Crippen LogP contribution in [0.2, 0.25) is 0 Å². The molecule has 0 aromatic heterocycles. The fourth-order valence-corrected chi connectivity index (χ4v) is 2.21. The van der Waals surface area contributed by atoms with Gasteiger partial charge in [0.05, 0.1) is 0 Å². The van der Waals surface area contributed by atoms with Gasteiger partial charge in [0.2, 0.25) is 0 Å². The van der Waals surface area contributed by atoms with Crippen LogP contribution in [-0.4, -0.2) is 0 Å². The maximum atomic E-state index is 3.55. The minimum absolute atomic E-state index is 0.834. The molecule has 1 N–H and O–H groups in total. The number of halogens is 2. The van der Waals surface area contributed by atoms with Gasteiger partial charge in [-0.15, -0.1) is 0 Å². The number of aryl methyl sites for hydroxylation is 1. The van der Waals surface area contributed by atoms with Crippen molar-refractivity contribution in [1.29, 1.82) is 0 Å². The van der Waals surface area contributed by atoms with E-state index in [1.54, 1.807) is 0 Å². The average molecular weight is 355 g/mol. The number of benzene rings is 2. The van der Waals surface area contributed by atoms with Gasteiger partial charge < -0.3 is 5.32 Å². The third-order valence-corrected chi connectivity index (χ3v) is 3.96. The minimum atomic E-state index is 0.834. The molecule has 0 unspecified atom stereocenters. The lowest BCUT2D eigenvalue weighted by molar-refractivity contribution is 1.14. The van der Waals surface area contributed by atoms with Gasteiger partial charge in [-0.1, -0.05) is 44.0 Å². The van der Waals surface area contributed by atoms with Crippen molar-refractivity contribution in [3.05, 3.63) is 62.5 Å². The van der Waals surface area contributed by atoms with Crippen molar-refractivity contribution in [2.24, 2.45) is 0 Å². The Kier molecular flexibility index (Phi) is 4.24. The molecule has 0 saturated carbocycles. The van der Waals surface area contributed by atoms with E-state index in [0.29, 0.717) is 0 Å². The van der Waals surface area contributed by atoms with Crippen molar-refractivity contribution < 1.29 is 0 Å². The molecule has 0 aliphatic heterocycles. The minimum Gasteiger partial charge on any atom is -0.381 e. The molecule has 2 aromatic rings. The van der Waals surface area contributed by atoms with Crippen LogP contribution in [0.1, 0.15) is 11.1 Å². The number of anilines is 1. The van der Waals surface area contributed by atoms with Crippen LogP contribution in [0.4, 0.5) is 5.69 Å². The predicted octanol–water partition coefficient (Wildman–Crippen LogP) is 5.13. The first-order valence-corrected chi connectivity index (χ1v) is 6.98. The van der Waals surface area contributed by atoms with Crippen molar-refractivity contribution >= 4 is 37.5 Å². The summed E-state index contributed by atoms with van der Waals surface area (Å²) >= 11 is 6.97. The van der Waals surface area contributed by atoms with E-state index in [4.69, 9.17) is 0 Å². The molecule has 0 amide bonds. The second-order valence-electron chi connectivity index (χ2n) is 3.94. The van der Waals surface area contributed by atoms with Gasteiger partial charge in [-0.3, -0.25) is 0 Å². The van der Waals surface area contributed by atoms with Crippen LogP contribution in [0.3, 0.4) is 0 Å². The van der Waals surface area contributed by atoms with Crippen LogP contribution >= 0.6 is 31.9 Å². The summed E-state index contributed by atoms with van der Waals surface area (Å²) in [7, 11) is 0. The second kappa shape index (κ2) is 5.69. The third kappa shape index (κ3) is 3.58. The Hall–Kier alpha value is -0.800. The van der Waals surface area contributed by atoms with Gasteiger partial charge >= 0.3 is 0 Å². The highest BCUT2D eigenvalue weighted by Gasteiger charge is 1.98. The Morgan fingerprint density at radius 1 is 1.00 bits per heavy atom. The smallest absolute Gasteiger partial charge is 0.0401 e. The van der Waals surface area contributed by atoms with E-state index < -0.39 is 0 Å². The summed E-state index contributed by atoms with van der Waals surface area (Å²) in [6.45, 7) is 2.93. The highest BCUT2D eigenvalue weighted by Crippen LogP contribution is 2.19. The van der Waals surface area contributed by atoms with Crippen molar-refractivity contribution in [2.45, 2.75) is 13.5 Å². The fourth-order valence-electron chi connectivity index (χ4n) is 1.52. The molecule has 0 radical (unpaired) electrons. The first-order chi connectivity index (χ1) is 8.15. The number of nitrogens with one attached hydrogen (secondary N) is 1. The molecular formula is C14H13Br2N. The third-order valence-electron chi connectivity index (χ3n) is 2.58. The number of rotatable bonds is 3. The van der Waals surface area contributed by atoms with Crippen molar-refractivity contribution in [1.82, 2.24) is 0 Å². The van der Waals surface area contributed by atoms with Gasteiger partial charge in [0, 0.05) is 21.2 Å². The molecule has 0 bridgehead atoms. The molecule has 17 heavy (non-hydrogen) atoms. The molecule has 0 spiro atoms. The van der Waals surface area contributed by atoms with Crippen molar-refractivity contribution in [3.63, 3.8) is 0 Å². The van der Waals surface area contributed by atoms with Gasteiger partial charge in [0.25, 0.3) is 0 Å². The molecule has 0 aliphatic carbocycles. The summed E-state index contributed by atoms with van der Waals surface area (Å²) < 4.78 is 2.26. The molecule has 1 nitrogen and oxygen atoms in total. The van der Waals surface area contributed by atoms with E-state index in [2.05, 4.69) is 74.4 Å². The Morgan fingerprint density at radius 2 is 1.71 bits per heavy atom. The predicted molar refractivity (Wildman–Crippen MR) is 80.3 cm³/mol. The van der Waals surface area contributed by atoms with Crippen LogP contribution in [0.5, 0.6) is 0 Å². The summed E-state index contributed by atoms with van der Waals surface area (Å²) in [4.78, 5) is 0. The van der Waals surface area contributed by atoms with Crippen LogP contribution < -0.4 is 5.32 Å². The monoisotopic (exact) mass is 353 g/mol. The van der Waals surface area contributed by atoms with Crippen molar-refractivity contribution in [3.8, 4) is 0 Å². The highest BCUT2D eigenvalue weighted by atomic mass is 79.9. The van der Waals surface area contributed by atoms with Crippen molar-refractivity contribution in [2.75, 3.05) is 5.32 Å². The Balaban J connectivity index is 2.02. The summed E-state index contributed by atoms with van der Waals surface area (Å²) in [5.74, 6) is 0. The fraction of sp³-hybridized carbons (Fsp3) is 0.143. The zero-order valence-corrected chi connectivity index (χ0v) is 12.7. The zero-order chi connectivity index (χ0) is 12.3. The normalized spacial score (nSPS) is 10.3. The SMILES string of the molecule is Cc1ccc(CNc2ccc(Br)cc2)cc1Br. The van der Waals surface area contributed by atoms with E-state index in [-0.39, 0.29) is 0 Å². The summed E-state index contributed by atoms with van der Waals surface area (Å²) in [6.07, 6.45) is 0. The quantitative estimate of drug-likeness (QED) is 0.805. The number of hydrogen-bond acceptors (Lipinski definition) is 1. The lowest BCUT2D eigenvalue weighted by Crippen LogP contribution is -1.99. The molecular weight excluding hydrogens is 342 g/mol. The van der Waals surface area contributed by atoms with E-state index in [0.717, 1.165) is 21.2 Å². The molecule has 88 valence electrons. The van der Waals surface area contributed by atoms with Crippen LogP contribution in [-0.2, 0) is 6.54 Å². The molecule has 0 fully saturated rings. The van der Waals surface area contributed by atoms with Crippen LogP contribution in [0, 0.1) is 6.92 Å². The second-order valence-corrected chi connectivity index (χ2v) is 5.71. The topological polar surface area (TPSA) is 12.0 Å². The highest BCUT2D eigenvalue weighted by molar-refractivity contribution is 9.10. The lowest BCUT2D eigenvalue weighted by atomic mass is 10.1. The number of hydrogen-bond donors (Lipinski definition) is 1. The largest absolute Gasteiger partial charge is 0.381 e. The zero-order valence-electron chi connectivity index (χ0n) is 9.50. The molecule has 3 heteroatoms. The first kappa shape index (κ1) is 12.7. The Labute approximate surface area is 119 Å². The van der Waals surface area contributed by atoms with Gasteiger partial charge in [-0.2, -0.15) is 0 Å². The molecule has 0 atom stereocenters. The lowest BCUT2D eigenvalue weighted by Gasteiger charge is -2.08. The van der Waals surface area contributed by atoms with Gasteiger partial charge in [-0.25, -0.2) is 0 Å². The standard InChI is InChI=1S/C14H13Br2N/c1-10-2-3-11(8-14(10)16)9-17-13-6-4-12(15)5-7-13/h2-8,17H,9H2,1H3. The van der Waals surface area contributed by atoms with Gasteiger partial charge in [0.15, 0.2) is 0 Å². The van der Waals surface area contributed by atoms with E-state index in [1.165, 1.54) is 11.1 Å². The summed E-state index contributed by atoms with van der Waals surface area (Å²) in [5, 5.41) is 3.39. The van der Waals surface area contributed by atoms with E-state index >= 15 is 0 Å². The van der Waals surface area contributed by atoms with Gasteiger partial charge in [-0.05, 0) is 48.4 Å². The van der Waals surface area contributed by atoms with E-state index in [1.807, 2.05) is 12.1 Å². The summed E-state index contributed by atoms with van der Waals surface area (Å²) in [5.41, 5.74) is 3.66. The van der Waals surface area contributed by atoms with Crippen LogP contribution in [0.25, 0.3) is 0 Å². The van der Waals surface area contributed by atoms with Crippen LogP contribution in [0.15, 0.2) is 51.4 Å². The van der Waals surface area contributed by atoms with Gasteiger partial charge in [0.1, 0.15) is 0 Å². The Morgan fingerprint density at radius 3 is 2.35 bits per heavy atom. The molecule has 0 saturated heterocycles. The first-order valence-electron chi connectivity index (χ1n) is 5.39. The maximum Gasteiger partial charge on any atom is 0.0401 e. The Bertz CT molecular complexity index is 506. The molecule has 2 aromatic carbocycles.